The molecule has 0 spiro atoms. The number of benzene rings is 1. The van der Waals surface area contributed by atoms with Gasteiger partial charge in [0.15, 0.2) is 0 Å². The van der Waals surface area contributed by atoms with Crippen molar-refractivity contribution in [3.8, 4) is 0 Å². The fourth-order valence-corrected chi connectivity index (χ4v) is 3.21. The summed E-state index contributed by atoms with van der Waals surface area (Å²) in [7, 11) is -3.93. The van der Waals surface area contributed by atoms with Gasteiger partial charge in [0.1, 0.15) is 10.7 Å². The van der Waals surface area contributed by atoms with E-state index in [1.807, 2.05) is 0 Å². The number of nitrogens with zero attached hydrogens (tertiary/aromatic N) is 1. The molecule has 6 nitrogen and oxygen atoms in total. The Labute approximate surface area is 123 Å². The van der Waals surface area contributed by atoms with E-state index in [4.69, 9.17) is 0 Å². The van der Waals surface area contributed by atoms with Crippen LogP contribution in [0.4, 0.5) is 4.39 Å². The molecule has 8 heteroatoms. The van der Waals surface area contributed by atoms with E-state index in [9.17, 15) is 17.6 Å². The highest BCUT2D eigenvalue weighted by Crippen LogP contribution is 2.12. The molecule has 0 aromatic heterocycles. The molecule has 0 saturated carbocycles. The van der Waals surface area contributed by atoms with Gasteiger partial charge in [0.25, 0.3) is 0 Å². The normalized spacial score (nSPS) is 16.0. The Hall–Kier alpha value is -1.51. The lowest BCUT2D eigenvalue weighted by Crippen LogP contribution is -2.47. The fourth-order valence-electron chi connectivity index (χ4n) is 2.11. The van der Waals surface area contributed by atoms with Gasteiger partial charge in [0, 0.05) is 39.1 Å². The molecular formula is C13H18FN3O3S. The minimum absolute atomic E-state index is 0.0422. The molecule has 0 bridgehead atoms. The lowest BCUT2D eigenvalue weighted by molar-refractivity contribution is -0.131. The molecule has 1 aromatic rings. The van der Waals surface area contributed by atoms with Gasteiger partial charge in [-0.2, -0.15) is 0 Å². The first-order chi connectivity index (χ1) is 10.0. The van der Waals surface area contributed by atoms with Crippen molar-refractivity contribution in [2.75, 3.05) is 32.7 Å². The van der Waals surface area contributed by atoms with Gasteiger partial charge in [-0.1, -0.05) is 12.1 Å². The van der Waals surface area contributed by atoms with Crippen molar-refractivity contribution < 1.29 is 17.6 Å². The van der Waals surface area contributed by atoms with E-state index < -0.39 is 20.7 Å². The van der Waals surface area contributed by atoms with E-state index in [2.05, 4.69) is 10.0 Å². The van der Waals surface area contributed by atoms with Crippen LogP contribution in [0.15, 0.2) is 29.2 Å². The summed E-state index contributed by atoms with van der Waals surface area (Å²) < 4.78 is 39.6. The Bertz CT molecular complexity index is 600. The smallest absolute Gasteiger partial charge is 0.243 e. The van der Waals surface area contributed by atoms with Crippen LogP contribution in [-0.2, 0) is 14.8 Å². The van der Waals surface area contributed by atoms with E-state index in [1.54, 1.807) is 4.90 Å². The van der Waals surface area contributed by atoms with Crippen molar-refractivity contribution in [1.82, 2.24) is 14.9 Å². The monoisotopic (exact) mass is 315 g/mol. The second-order valence-corrected chi connectivity index (χ2v) is 6.44. The summed E-state index contributed by atoms with van der Waals surface area (Å²) in [6.45, 7) is 2.69. The predicted molar refractivity (Wildman–Crippen MR) is 75.7 cm³/mol. The average molecular weight is 315 g/mol. The molecule has 116 valence electrons. The molecule has 0 unspecified atom stereocenters. The number of carbonyl (C=O) groups is 1. The van der Waals surface area contributed by atoms with E-state index in [1.165, 1.54) is 18.2 Å². The van der Waals surface area contributed by atoms with Crippen LogP contribution in [0.5, 0.6) is 0 Å². The molecule has 21 heavy (non-hydrogen) atoms. The number of carbonyl (C=O) groups excluding carboxylic acids is 1. The van der Waals surface area contributed by atoms with Crippen molar-refractivity contribution in [2.45, 2.75) is 11.3 Å². The summed E-state index contributed by atoms with van der Waals surface area (Å²) in [5, 5.41) is 3.13. The SMILES string of the molecule is O=C(CCNS(=O)(=O)c1ccccc1F)N1CCNCC1. The summed E-state index contributed by atoms with van der Waals surface area (Å²) in [4.78, 5) is 13.2. The molecule has 0 radical (unpaired) electrons. The van der Waals surface area contributed by atoms with Crippen LogP contribution < -0.4 is 10.0 Å². The maximum absolute atomic E-state index is 13.5. The Kier molecular flexibility index (Phi) is 5.27. The van der Waals surface area contributed by atoms with Crippen LogP contribution in [-0.4, -0.2) is 51.9 Å². The first kappa shape index (κ1) is 15.9. The van der Waals surface area contributed by atoms with Gasteiger partial charge in [0.05, 0.1) is 0 Å². The van der Waals surface area contributed by atoms with Crippen molar-refractivity contribution in [3.63, 3.8) is 0 Å². The van der Waals surface area contributed by atoms with Gasteiger partial charge in [0.2, 0.25) is 15.9 Å². The van der Waals surface area contributed by atoms with Gasteiger partial charge in [-0.15, -0.1) is 0 Å². The summed E-state index contributed by atoms with van der Waals surface area (Å²) >= 11 is 0. The zero-order valence-electron chi connectivity index (χ0n) is 11.5. The Morgan fingerprint density at radius 1 is 1.29 bits per heavy atom. The van der Waals surface area contributed by atoms with E-state index in [0.717, 1.165) is 19.2 Å². The van der Waals surface area contributed by atoms with Crippen LogP contribution in [0.3, 0.4) is 0 Å². The molecule has 1 heterocycles. The number of hydrogen-bond donors (Lipinski definition) is 2. The molecule has 0 aliphatic carbocycles. The molecular weight excluding hydrogens is 297 g/mol. The lowest BCUT2D eigenvalue weighted by Gasteiger charge is -2.27. The van der Waals surface area contributed by atoms with E-state index in [-0.39, 0.29) is 18.9 Å². The maximum Gasteiger partial charge on any atom is 0.243 e. The molecule has 0 atom stereocenters. The molecule has 2 rings (SSSR count). The number of piperazine rings is 1. The standard InChI is InChI=1S/C13H18FN3O3S/c14-11-3-1-2-4-12(11)21(19,20)16-6-5-13(18)17-9-7-15-8-10-17/h1-4,15-16H,5-10H2. The van der Waals surface area contributed by atoms with Crippen LogP contribution >= 0.6 is 0 Å². The topological polar surface area (TPSA) is 78.5 Å². The minimum Gasteiger partial charge on any atom is -0.340 e. The Balaban J connectivity index is 1.88. The van der Waals surface area contributed by atoms with Crippen molar-refractivity contribution in [3.05, 3.63) is 30.1 Å². The number of nitrogens with one attached hydrogen (secondary N) is 2. The molecule has 1 aliphatic rings. The fraction of sp³-hybridized carbons (Fsp3) is 0.462. The number of hydrogen-bond acceptors (Lipinski definition) is 4. The number of sulfonamides is 1. The van der Waals surface area contributed by atoms with Crippen LogP contribution in [0, 0.1) is 5.82 Å². The van der Waals surface area contributed by atoms with Gasteiger partial charge < -0.3 is 10.2 Å². The Morgan fingerprint density at radius 3 is 2.62 bits per heavy atom. The first-order valence-corrected chi connectivity index (χ1v) is 8.22. The third-order valence-corrected chi connectivity index (χ3v) is 4.72. The number of rotatable bonds is 5. The van der Waals surface area contributed by atoms with Crippen LogP contribution in [0.25, 0.3) is 0 Å². The number of amides is 1. The molecule has 2 N–H and O–H groups in total. The lowest BCUT2D eigenvalue weighted by atomic mass is 10.3. The Morgan fingerprint density at radius 2 is 1.95 bits per heavy atom. The van der Waals surface area contributed by atoms with Crippen molar-refractivity contribution in [1.29, 1.82) is 0 Å². The zero-order valence-corrected chi connectivity index (χ0v) is 12.3. The zero-order chi connectivity index (χ0) is 15.3. The molecule has 1 amide bonds. The van der Waals surface area contributed by atoms with Crippen LogP contribution in [0.2, 0.25) is 0 Å². The summed E-state index contributed by atoms with van der Waals surface area (Å²) in [5.41, 5.74) is 0. The third-order valence-electron chi connectivity index (χ3n) is 3.23. The van der Waals surface area contributed by atoms with Gasteiger partial charge in [-0.25, -0.2) is 17.5 Å². The minimum atomic E-state index is -3.93. The quantitative estimate of drug-likeness (QED) is 0.797. The van der Waals surface area contributed by atoms with Crippen LogP contribution in [0.1, 0.15) is 6.42 Å². The maximum atomic E-state index is 13.5. The van der Waals surface area contributed by atoms with Crippen molar-refractivity contribution in [2.24, 2.45) is 0 Å². The van der Waals surface area contributed by atoms with E-state index >= 15 is 0 Å². The average Bonchev–Trinajstić information content (AvgIpc) is 2.48. The molecule has 1 aromatic carbocycles. The highest BCUT2D eigenvalue weighted by Gasteiger charge is 2.20. The summed E-state index contributed by atoms with van der Waals surface area (Å²) in [6.07, 6.45) is 0.0632. The summed E-state index contributed by atoms with van der Waals surface area (Å²) in [5.74, 6) is -0.911. The van der Waals surface area contributed by atoms with Gasteiger partial charge in [-0.3, -0.25) is 4.79 Å². The predicted octanol–water partition coefficient (Wildman–Crippen LogP) is -0.0741. The third kappa shape index (κ3) is 4.23. The number of halogens is 1. The largest absolute Gasteiger partial charge is 0.340 e. The van der Waals surface area contributed by atoms with E-state index in [0.29, 0.717) is 13.1 Å². The van der Waals surface area contributed by atoms with Crippen molar-refractivity contribution >= 4 is 15.9 Å². The van der Waals surface area contributed by atoms with Gasteiger partial charge in [-0.05, 0) is 12.1 Å². The highest BCUT2D eigenvalue weighted by atomic mass is 32.2. The second kappa shape index (κ2) is 6.97. The molecule has 1 saturated heterocycles. The first-order valence-electron chi connectivity index (χ1n) is 6.73. The summed E-state index contributed by atoms with van der Waals surface area (Å²) in [6, 6.07) is 5.14. The van der Waals surface area contributed by atoms with Gasteiger partial charge >= 0.3 is 0 Å². The second-order valence-electron chi connectivity index (χ2n) is 4.71. The highest BCUT2D eigenvalue weighted by molar-refractivity contribution is 7.89. The molecule has 1 aliphatic heterocycles. The molecule has 1 fully saturated rings.